The lowest BCUT2D eigenvalue weighted by Crippen LogP contribution is -2.33. The molecule has 1 aromatic rings. The van der Waals surface area contributed by atoms with Gasteiger partial charge in [0.1, 0.15) is 5.82 Å². The van der Waals surface area contributed by atoms with E-state index < -0.39 is 11.7 Å². The van der Waals surface area contributed by atoms with Crippen LogP contribution in [0, 0.1) is 11.7 Å². The van der Waals surface area contributed by atoms with Gasteiger partial charge in [0, 0.05) is 19.5 Å². The van der Waals surface area contributed by atoms with Gasteiger partial charge in [0.25, 0.3) is 0 Å². The predicted octanol–water partition coefficient (Wildman–Crippen LogP) is 2.49. The Hall–Kier alpha value is -1.91. The van der Waals surface area contributed by atoms with E-state index >= 15 is 0 Å². The maximum atomic E-state index is 13.7. The van der Waals surface area contributed by atoms with E-state index in [2.05, 4.69) is 12.2 Å². The molecule has 0 bridgehead atoms. The number of hydrogen-bond donors (Lipinski definition) is 1. The molecule has 0 saturated carbocycles. The van der Waals surface area contributed by atoms with Crippen LogP contribution in [-0.2, 0) is 9.59 Å². The molecular formula is C16H21FN2O2. The van der Waals surface area contributed by atoms with E-state index in [4.69, 9.17) is 0 Å². The molecule has 0 aromatic heterocycles. The Balaban J connectivity index is 1.93. The van der Waals surface area contributed by atoms with E-state index in [1.165, 1.54) is 11.0 Å². The third-order valence-corrected chi connectivity index (χ3v) is 3.72. The number of carbonyl (C=O) groups is 2. The predicted molar refractivity (Wildman–Crippen MR) is 79.4 cm³/mol. The molecule has 1 saturated heterocycles. The van der Waals surface area contributed by atoms with E-state index in [1.54, 1.807) is 18.2 Å². The maximum absolute atomic E-state index is 13.7. The van der Waals surface area contributed by atoms with Gasteiger partial charge in [-0.1, -0.05) is 31.9 Å². The van der Waals surface area contributed by atoms with Crippen molar-refractivity contribution in [1.82, 2.24) is 5.32 Å². The number of hydrogen-bond acceptors (Lipinski definition) is 2. The fourth-order valence-corrected chi connectivity index (χ4v) is 2.52. The van der Waals surface area contributed by atoms with Crippen LogP contribution in [0.25, 0.3) is 0 Å². The molecule has 2 amide bonds. The highest BCUT2D eigenvalue weighted by molar-refractivity contribution is 6.00. The largest absolute Gasteiger partial charge is 0.356 e. The molecule has 0 spiro atoms. The highest BCUT2D eigenvalue weighted by Crippen LogP contribution is 2.27. The summed E-state index contributed by atoms with van der Waals surface area (Å²) in [7, 11) is 0. The molecule has 114 valence electrons. The Kier molecular flexibility index (Phi) is 5.31. The molecule has 1 aliphatic heterocycles. The molecular weight excluding hydrogens is 271 g/mol. The monoisotopic (exact) mass is 292 g/mol. The van der Waals surface area contributed by atoms with Gasteiger partial charge < -0.3 is 10.2 Å². The minimum atomic E-state index is -0.435. The lowest BCUT2D eigenvalue weighted by Gasteiger charge is -2.17. The zero-order valence-corrected chi connectivity index (χ0v) is 12.3. The van der Waals surface area contributed by atoms with Crippen LogP contribution in [0.3, 0.4) is 0 Å². The van der Waals surface area contributed by atoms with Crippen molar-refractivity contribution in [2.75, 3.05) is 18.0 Å². The maximum Gasteiger partial charge on any atom is 0.227 e. The first kappa shape index (κ1) is 15.5. The van der Waals surface area contributed by atoms with Crippen molar-refractivity contribution in [2.24, 2.45) is 5.92 Å². The molecule has 1 aromatic carbocycles. The second-order valence-corrected chi connectivity index (χ2v) is 5.35. The smallest absolute Gasteiger partial charge is 0.227 e. The summed E-state index contributed by atoms with van der Waals surface area (Å²) < 4.78 is 13.7. The first-order chi connectivity index (χ1) is 10.1. The van der Waals surface area contributed by atoms with Gasteiger partial charge in [-0.3, -0.25) is 9.59 Å². The van der Waals surface area contributed by atoms with E-state index in [1.807, 2.05) is 0 Å². The fourth-order valence-electron chi connectivity index (χ4n) is 2.52. The second-order valence-electron chi connectivity index (χ2n) is 5.35. The minimum Gasteiger partial charge on any atom is -0.356 e. The first-order valence-corrected chi connectivity index (χ1v) is 7.46. The highest BCUT2D eigenvalue weighted by atomic mass is 19.1. The average molecular weight is 292 g/mol. The van der Waals surface area contributed by atoms with Gasteiger partial charge >= 0.3 is 0 Å². The Morgan fingerprint density at radius 1 is 1.38 bits per heavy atom. The van der Waals surface area contributed by atoms with Gasteiger partial charge in [-0.05, 0) is 18.6 Å². The standard InChI is InChI=1S/C16H21FN2O2/c1-2-3-6-9-18-16(21)12-10-15(20)19(11-12)14-8-5-4-7-13(14)17/h4-5,7-8,12H,2-3,6,9-11H2,1H3,(H,18,21). The number of amides is 2. The topological polar surface area (TPSA) is 49.4 Å². The van der Waals surface area contributed by atoms with E-state index in [0.29, 0.717) is 6.54 Å². The van der Waals surface area contributed by atoms with Gasteiger partial charge in [-0.2, -0.15) is 0 Å². The summed E-state index contributed by atoms with van der Waals surface area (Å²) >= 11 is 0. The zero-order chi connectivity index (χ0) is 15.2. The van der Waals surface area contributed by atoms with Gasteiger partial charge in [-0.25, -0.2) is 4.39 Å². The fraction of sp³-hybridized carbons (Fsp3) is 0.500. The van der Waals surface area contributed by atoms with Crippen LogP contribution >= 0.6 is 0 Å². The van der Waals surface area contributed by atoms with E-state index in [9.17, 15) is 14.0 Å². The average Bonchev–Trinajstić information content (AvgIpc) is 2.86. The summed E-state index contributed by atoms with van der Waals surface area (Å²) in [5.41, 5.74) is 0.254. The van der Waals surface area contributed by atoms with Crippen LogP contribution in [0.15, 0.2) is 24.3 Å². The first-order valence-electron chi connectivity index (χ1n) is 7.46. The summed E-state index contributed by atoms with van der Waals surface area (Å²) in [5, 5.41) is 2.86. The van der Waals surface area contributed by atoms with Crippen molar-refractivity contribution in [3.63, 3.8) is 0 Å². The number of anilines is 1. The van der Waals surface area contributed by atoms with Crippen molar-refractivity contribution in [3.05, 3.63) is 30.1 Å². The molecule has 1 heterocycles. The number of carbonyl (C=O) groups excluding carboxylic acids is 2. The Bertz CT molecular complexity index is 519. The molecule has 1 aliphatic rings. The van der Waals surface area contributed by atoms with Gasteiger partial charge in [0.15, 0.2) is 0 Å². The van der Waals surface area contributed by atoms with Crippen molar-refractivity contribution in [3.8, 4) is 0 Å². The summed E-state index contributed by atoms with van der Waals surface area (Å²) in [4.78, 5) is 25.4. The number of para-hydroxylation sites is 1. The lowest BCUT2D eigenvalue weighted by atomic mass is 10.1. The highest BCUT2D eigenvalue weighted by Gasteiger charge is 2.35. The molecule has 1 atom stereocenters. The summed E-state index contributed by atoms with van der Waals surface area (Å²) in [6, 6.07) is 6.15. The van der Waals surface area contributed by atoms with Crippen LogP contribution < -0.4 is 10.2 Å². The summed E-state index contributed by atoms with van der Waals surface area (Å²) in [6.07, 6.45) is 3.26. The van der Waals surface area contributed by atoms with Crippen LogP contribution in [0.5, 0.6) is 0 Å². The van der Waals surface area contributed by atoms with Crippen LogP contribution in [0.2, 0.25) is 0 Å². The van der Waals surface area contributed by atoms with Crippen molar-refractivity contribution >= 4 is 17.5 Å². The molecule has 1 fully saturated rings. The van der Waals surface area contributed by atoms with E-state index in [0.717, 1.165) is 19.3 Å². The molecule has 1 unspecified atom stereocenters. The number of nitrogens with zero attached hydrogens (tertiary/aromatic N) is 1. The van der Waals surface area contributed by atoms with Gasteiger partial charge in [-0.15, -0.1) is 0 Å². The molecule has 5 heteroatoms. The third-order valence-electron chi connectivity index (χ3n) is 3.72. The number of rotatable bonds is 6. The second kappa shape index (κ2) is 7.20. The quantitative estimate of drug-likeness (QED) is 0.819. The lowest BCUT2D eigenvalue weighted by molar-refractivity contribution is -0.126. The SMILES string of the molecule is CCCCCNC(=O)C1CC(=O)N(c2ccccc2F)C1. The Morgan fingerprint density at radius 3 is 2.86 bits per heavy atom. The third kappa shape index (κ3) is 3.80. The number of halogens is 1. The van der Waals surface area contributed by atoms with Crippen LogP contribution in [-0.4, -0.2) is 24.9 Å². The molecule has 0 radical (unpaired) electrons. The molecule has 2 rings (SSSR count). The van der Waals surface area contributed by atoms with E-state index in [-0.39, 0.29) is 30.5 Å². The van der Waals surface area contributed by atoms with Crippen LogP contribution in [0.4, 0.5) is 10.1 Å². The summed E-state index contributed by atoms with van der Waals surface area (Å²) in [5.74, 6) is -1.14. The Morgan fingerprint density at radius 2 is 2.14 bits per heavy atom. The van der Waals surface area contributed by atoms with Gasteiger partial charge in [0.2, 0.25) is 11.8 Å². The van der Waals surface area contributed by atoms with Crippen LogP contribution in [0.1, 0.15) is 32.6 Å². The van der Waals surface area contributed by atoms with Crippen molar-refractivity contribution < 1.29 is 14.0 Å². The molecule has 0 aliphatic carbocycles. The summed E-state index contributed by atoms with van der Waals surface area (Å²) in [6.45, 7) is 2.99. The minimum absolute atomic E-state index is 0.113. The number of benzene rings is 1. The van der Waals surface area contributed by atoms with Gasteiger partial charge in [0.05, 0.1) is 11.6 Å². The Labute approximate surface area is 124 Å². The van der Waals surface area contributed by atoms with Crippen molar-refractivity contribution in [2.45, 2.75) is 32.6 Å². The normalized spacial score (nSPS) is 18.1. The molecule has 21 heavy (non-hydrogen) atoms. The van der Waals surface area contributed by atoms with Crippen molar-refractivity contribution in [1.29, 1.82) is 0 Å². The zero-order valence-electron chi connectivity index (χ0n) is 12.3. The molecule has 4 nitrogen and oxygen atoms in total. The molecule has 1 N–H and O–H groups in total. The number of nitrogens with one attached hydrogen (secondary N) is 1. The number of unbranched alkanes of at least 4 members (excludes halogenated alkanes) is 2.